The molecule has 274 valence electrons. The lowest BCUT2D eigenvalue weighted by atomic mass is 9.64. The molecule has 0 fully saturated rings. The number of carbonyl (C=O) groups excluding carboxylic acids is 3. The van der Waals surface area contributed by atoms with Crippen molar-refractivity contribution in [3.63, 3.8) is 0 Å². The predicted octanol–water partition coefficient (Wildman–Crippen LogP) is 6.72. The Bertz CT molecular complexity index is 2370. The lowest BCUT2D eigenvalue weighted by Gasteiger charge is -2.36. The third-order valence-corrected chi connectivity index (χ3v) is 10.8. The van der Waals surface area contributed by atoms with Gasteiger partial charge in [-0.15, -0.1) is 0 Å². The van der Waals surface area contributed by atoms with Crippen LogP contribution in [-0.2, 0) is 45.2 Å². The van der Waals surface area contributed by atoms with Gasteiger partial charge in [0.25, 0.3) is 0 Å². The number of ether oxygens (including phenoxy) is 3. The average Bonchev–Trinajstić information content (AvgIpc) is 3.79. The molecule has 0 spiro atoms. The zero-order valence-electron chi connectivity index (χ0n) is 30.9. The van der Waals surface area contributed by atoms with Gasteiger partial charge in [-0.3, -0.25) is 19.4 Å². The first kappa shape index (κ1) is 36.7. The summed E-state index contributed by atoms with van der Waals surface area (Å²) < 4.78 is 15.1. The zero-order valence-corrected chi connectivity index (χ0v) is 30.9. The van der Waals surface area contributed by atoms with E-state index in [-0.39, 0.29) is 30.4 Å². The molecule has 2 aliphatic heterocycles. The van der Waals surface area contributed by atoms with Crippen molar-refractivity contribution >= 4 is 68.7 Å². The molecule has 0 amide bonds. The Hall–Kier alpha value is -6.04. The highest BCUT2D eigenvalue weighted by Crippen LogP contribution is 2.52. The number of allylic oxidation sites excluding steroid dienone is 5. The average molecular weight is 719 g/mol. The second kappa shape index (κ2) is 14.2. The zero-order chi connectivity index (χ0) is 38.4. The van der Waals surface area contributed by atoms with E-state index in [1.165, 1.54) is 27.4 Å². The first-order chi connectivity index (χ1) is 25.3. The summed E-state index contributed by atoms with van der Waals surface area (Å²) in [7, 11) is 3.96. The van der Waals surface area contributed by atoms with Crippen molar-refractivity contribution in [3.8, 4) is 0 Å². The van der Waals surface area contributed by atoms with Crippen LogP contribution in [0.15, 0.2) is 48.6 Å². The van der Waals surface area contributed by atoms with Gasteiger partial charge in [0.05, 0.1) is 55.1 Å². The van der Waals surface area contributed by atoms with Crippen LogP contribution >= 0.6 is 0 Å². The number of esters is 3. The van der Waals surface area contributed by atoms with Crippen LogP contribution in [0.5, 0.6) is 0 Å². The maximum atomic E-state index is 13.5. The summed E-state index contributed by atoms with van der Waals surface area (Å²) in [6.45, 7) is 11.8. The van der Waals surface area contributed by atoms with E-state index in [0.717, 1.165) is 44.4 Å². The molecule has 3 aromatic rings. The van der Waals surface area contributed by atoms with Gasteiger partial charge in [-0.2, -0.15) is 0 Å². The van der Waals surface area contributed by atoms with Gasteiger partial charge >= 0.3 is 23.9 Å². The van der Waals surface area contributed by atoms with Gasteiger partial charge in [-0.1, -0.05) is 24.8 Å². The van der Waals surface area contributed by atoms with E-state index in [4.69, 9.17) is 24.2 Å². The molecular weight excluding hydrogens is 676 g/mol. The number of aliphatic carboxylic acids is 1. The minimum atomic E-state index is -1.23. The molecule has 12 heteroatoms. The van der Waals surface area contributed by atoms with Crippen LogP contribution in [0, 0.1) is 19.8 Å². The molecule has 3 N–H and O–H groups in total. The SMILES string of the molecule is C=Cc1c(C)c2cc3nc(cc4[nH]c(cc5nc(cc1[nH]2)[C@@]1(C)C5=CC=C(C(=O)O)[C@H]1C(=O)OC)c(C)c4CCC(=O)OC)C(CCC(=O)OC)=C3C. The number of carbonyl (C=O) groups is 4. The summed E-state index contributed by atoms with van der Waals surface area (Å²) in [4.78, 5) is 67.9. The van der Waals surface area contributed by atoms with Gasteiger partial charge < -0.3 is 29.3 Å². The third kappa shape index (κ3) is 6.28. The molecule has 0 saturated heterocycles. The molecule has 8 bridgehead atoms. The second-order valence-corrected chi connectivity index (χ2v) is 13.5. The molecule has 1 aliphatic carbocycles. The summed E-state index contributed by atoms with van der Waals surface area (Å²) in [5.74, 6) is -3.82. The molecule has 3 aliphatic rings. The highest BCUT2D eigenvalue weighted by Gasteiger charge is 2.53. The van der Waals surface area contributed by atoms with Crippen LogP contribution in [0.4, 0.5) is 0 Å². The summed E-state index contributed by atoms with van der Waals surface area (Å²) in [5, 5.41) is 10.2. The number of carboxylic acids is 1. The molecule has 12 nitrogen and oxygen atoms in total. The van der Waals surface area contributed by atoms with Gasteiger partial charge in [-0.05, 0) is 98.2 Å². The normalized spacial score (nSPS) is 17.8. The lowest BCUT2D eigenvalue weighted by molar-refractivity contribution is -0.148. The van der Waals surface area contributed by atoms with Gasteiger partial charge in [0.15, 0.2) is 0 Å². The molecule has 5 heterocycles. The second-order valence-electron chi connectivity index (χ2n) is 13.5. The van der Waals surface area contributed by atoms with Crippen LogP contribution < -0.4 is 0 Å². The number of aryl methyl sites for hydroxylation is 3. The molecule has 0 aromatic carbocycles. The molecule has 6 rings (SSSR count). The van der Waals surface area contributed by atoms with Crippen molar-refractivity contribution < 1.29 is 38.5 Å². The van der Waals surface area contributed by atoms with Crippen LogP contribution in [-0.4, -0.2) is 70.2 Å². The largest absolute Gasteiger partial charge is 0.478 e. The lowest BCUT2D eigenvalue weighted by Crippen LogP contribution is -2.42. The van der Waals surface area contributed by atoms with E-state index in [1.54, 1.807) is 12.2 Å². The monoisotopic (exact) mass is 718 g/mol. The van der Waals surface area contributed by atoms with Crippen LogP contribution in [0.1, 0.15) is 78.1 Å². The predicted molar refractivity (Wildman–Crippen MR) is 201 cm³/mol. The number of fused-ring (bicyclic) bond motifs is 11. The Balaban J connectivity index is 1.76. The number of methoxy groups -OCH3 is 3. The molecule has 0 unspecified atom stereocenters. The van der Waals surface area contributed by atoms with E-state index in [0.29, 0.717) is 52.2 Å². The third-order valence-electron chi connectivity index (χ3n) is 10.8. The fourth-order valence-corrected chi connectivity index (χ4v) is 7.67. The fraction of sp³-hybridized carbons (Fsp3) is 0.317. The number of hydrogen-bond acceptors (Lipinski definition) is 9. The first-order valence-corrected chi connectivity index (χ1v) is 17.2. The number of hydrogen-bond donors (Lipinski definition) is 3. The first-order valence-electron chi connectivity index (χ1n) is 17.2. The summed E-state index contributed by atoms with van der Waals surface area (Å²) >= 11 is 0. The molecule has 2 atom stereocenters. The quantitative estimate of drug-likeness (QED) is 0.159. The molecule has 3 aromatic heterocycles. The van der Waals surface area contributed by atoms with Crippen molar-refractivity contribution in [2.45, 2.75) is 58.8 Å². The van der Waals surface area contributed by atoms with Gasteiger partial charge in [-0.25, -0.2) is 9.78 Å². The Morgan fingerprint density at radius 2 is 1.43 bits per heavy atom. The smallest absolute Gasteiger partial charge is 0.332 e. The van der Waals surface area contributed by atoms with Gasteiger partial charge in [0.1, 0.15) is 5.92 Å². The Morgan fingerprint density at radius 3 is 2.08 bits per heavy atom. The number of H-pyrrole nitrogens is 2. The molecular formula is C41H42N4O8. The minimum Gasteiger partial charge on any atom is -0.478 e. The number of carboxylic acid groups (broad SMARTS) is 1. The number of aromatic nitrogens is 4. The molecule has 0 radical (unpaired) electrons. The highest BCUT2D eigenvalue weighted by atomic mass is 16.5. The van der Waals surface area contributed by atoms with E-state index in [2.05, 4.69) is 16.5 Å². The maximum absolute atomic E-state index is 13.5. The van der Waals surface area contributed by atoms with E-state index in [9.17, 15) is 24.3 Å². The maximum Gasteiger partial charge on any atom is 0.332 e. The fourth-order valence-electron chi connectivity index (χ4n) is 7.67. The van der Waals surface area contributed by atoms with Gasteiger partial charge in [0, 0.05) is 40.5 Å². The van der Waals surface area contributed by atoms with E-state index < -0.39 is 23.3 Å². The van der Waals surface area contributed by atoms with E-state index in [1.807, 2.05) is 52.0 Å². The van der Waals surface area contributed by atoms with Crippen LogP contribution in [0.3, 0.4) is 0 Å². The Morgan fingerprint density at radius 1 is 0.811 bits per heavy atom. The number of rotatable bonds is 9. The molecule has 0 saturated carbocycles. The number of nitrogens with zero attached hydrogens (tertiary/aromatic N) is 2. The van der Waals surface area contributed by atoms with Crippen LogP contribution in [0.2, 0.25) is 0 Å². The van der Waals surface area contributed by atoms with Crippen LogP contribution in [0.25, 0.3) is 44.9 Å². The summed E-state index contributed by atoms with van der Waals surface area (Å²) in [5.41, 5.74) is 9.69. The standard InChI is InChI=1S/C41H42N4O8/c1-9-23-20(2)28-16-29-21(3)24(11-14-36(46)51-6)31(42-29)18-32-25(12-15-37(47)52-7)22(4)30(43-32)17-34-27-13-10-26(39(48)49)38(40(50)53-8)41(27,5)35(45-34)19-33(23)44-28/h9-10,13,16-19,38,43-44H,1,11-12,14-15H2,2-8H3,(H,48,49)/t38-,41+/m0/s1. The molecule has 53 heavy (non-hydrogen) atoms. The van der Waals surface area contributed by atoms with Crippen molar-refractivity contribution in [1.82, 2.24) is 19.9 Å². The Labute approximate surface area is 306 Å². The van der Waals surface area contributed by atoms with Crippen molar-refractivity contribution in [2.75, 3.05) is 21.3 Å². The summed E-state index contributed by atoms with van der Waals surface area (Å²) in [6.07, 6.45) is 5.95. The minimum absolute atomic E-state index is 0.105. The Kier molecular flexibility index (Phi) is 9.83. The van der Waals surface area contributed by atoms with E-state index >= 15 is 0 Å². The van der Waals surface area contributed by atoms with Crippen molar-refractivity contribution in [3.05, 3.63) is 93.6 Å². The number of nitrogens with one attached hydrogen (secondary N) is 2. The topological polar surface area (TPSA) is 174 Å². The van der Waals surface area contributed by atoms with Gasteiger partial charge in [0.2, 0.25) is 0 Å². The number of aromatic amines is 2. The van der Waals surface area contributed by atoms with Crippen molar-refractivity contribution in [1.29, 1.82) is 0 Å². The highest BCUT2D eigenvalue weighted by molar-refractivity contribution is 6.01. The summed E-state index contributed by atoms with van der Waals surface area (Å²) in [6, 6.07) is 7.59. The van der Waals surface area contributed by atoms with Crippen molar-refractivity contribution in [2.24, 2.45) is 5.92 Å².